The molecule has 0 aliphatic heterocycles. The molecule has 0 amide bonds. The highest BCUT2D eigenvalue weighted by atomic mass is 32.2. The predicted molar refractivity (Wildman–Crippen MR) is 116 cm³/mol. The number of nitrogens with two attached hydrogens (primary N) is 1. The van der Waals surface area contributed by atoms with Crippen LogP contribution >= 0.6 is 23.1 Å². The monoisotopic (exact) mass is 446 g/mol. The SMILES string of the molecule is COc1ccc(C=O)cc1-c1cccc(S(=O)(=O)c2cc(C(=N)N)sc2SC)c1. The van der Waals surface area contributed by atoms with Crippen molar-refractivity contribution in [1.29, 1.82) is 5.41 Å². The molecule has 150 valence electrons. The highest BCUT2D eigenvalue weighted by Crippen LogP contribution is 2.38. The van der Waals surface area contributed by atoms with Gasteiger partial charge in [0.15, 0.2) is 0 Å². The summed E-state index contributed by atoms with van der Waals surface area (Å²) in [4.78, 5) is 11.8. The number of amidine groups is 1. The fourth-order valence-corrected chi connectivity index (χ4v) is 6.70. The van der Waals surface area contributed by atoms with Crippen LogP contribution in [0.1, 0.15) is 15.2 Å². The second-order valence-electron chi connectivity index (χ2n) is 5.99. The number of hydrogen-bond acceptors (Lipinski definition) is 7. The molecule has 3 rings (SSSR count). The van der Waals surface area contributed by atoms with Crippen LogP contribution in [0.2, 0.25) is 0 Å². The summed E-state index contributed by atoms with van der Waals surface area (Å²) in [6.07, 6.45) is 2.50. The molecule has 0 atom stereocenters. The van der Waals surface area contributed by atoms with E-state index in [1.54, 1.807) is 42.7 Å². The van der Waals surface area contributed by atoms with E-state index in [1.165, 1.54) is 42.3 Å². The van der Waals surface area contributed by atoms with Crippen molar-refractivity contribution in [2.24, 2.45) is 5.73 Å². The first-order valence-corrected chi connectivity index (χ1v) is 11.8. The molecule has 9 heteroatoms. The Morgan fingerprint density at radius 1 is 1.21 bits per heavy atom. The minimum absolute atomic E-state index is 0.108. The molecule has 3 aromatic rings. The van der Waals surface area contributed by atoms with Crippen molar-refractivity contribution < 1.29 is 17.9 Å². The third-order valence-corrected chi connectivity index (χ3v) is 8.56. The normalized spacial score (nSPS) is 11.2. The quantitative estimate of drug-likeness (QED) is 0.245. The third kappa shape index (κ3) is 4.07. The lowest BCUT2D eigenvalue weighted by atomic mass is 10.0. The molecule has 0 aliphatic rings. The number of carbonyl (C=O) groups excluding carboxylic acids is 1. The van der Waals surface area contributed by atoms with E-state index < -0.39 is 9.84 Å². The number of nitrogen functional groups attached to an aromatic ring is 1. The molecule has 1 heterocycles. The highest BCUT2D eigenvalue weighted by Gasteiger charge is 2.25. The van der Waals surface area contributed by atoms with E-state index >= 15 is 0 Å². The number of benzene rings is 2. The van der Waals surface area contributed by atoms with Crippen molar-refractivity contribution in [3.05, 3.63) is 59.0 Å². The van der Waals surface area contributed by atoms with Crippen LogP contribution in [0.15, 0.2) is 62.5 Å². The topological polar surface area (TPSA) is 110 Å². The molecule has 0 bridgehead atoms. The van der Waals surface area contributed by atoms with Crippen molar-refractivity contribution in [3.8, 4) is 16.9 Å². The molecule has 2 aromatic carbocycles. The molecular formula is C20H18N2O4S3. The van der Waals surface area contributed by atoms with Crippen LogP contribution in [0.4, 0.5) is 0 Å². The number of rotatable bonds is 7. The van der Waals surface area contributed by atoms with Gasteiger partial charge in [-0.1, -0.05) is 12.1 Å². The van der Waals surface area contributed by atoms with Gasteiger partial charge in [0.05, 0.1) is 26.0 Å². The molecule has 0 fully saturated rings. The number of methoxy groups -OCH3 is 1. The van der Waals surface area contributed by atoms with E-state index in [2.05, 4.69) is 0 Å². The van der Waals surface area contributed by atoms with Gasteiger partial charge in [0.1, 0.15) is 17.9 Å². The van der Waals surface area contributed by atoms with Gasteiger partial charge in [0.2, 0.25) is 9.84 Å². The maximum Gasteiger partial charge on any atom is 0.208 e. The van der Waals surface area contributed by atoms with Crippen LogP contribution in [0.25, 0.3) is 11.1 Å². The molecule has 0 unspecified atom stereocenters. The summed E-state index contributed by atoms with van der Waals surface area (Å²) in [6, 6.07) is 12.9. The van der Waals surface area contributed by atoms with Gasteiger partial charge < -0.3 is 10.5 Å². The Kier molecular flexibility index (Phi) is 6.11. The second kappa shape index (κ2) is 8.40. The lowest BCUT2D eigenvalue weighted by molar-refractivity contribution is 0.112. The van der Waals surface area contributed by atoms with Crippen molar-refractivity contribution in [2.75, 3.05) is 13.4 Å². The maximum atomic E-state index is 13.3. The second-order valence-corrected chi connectivity index (χ2v) is 10.0. The minimum atomic E-state index is -3.83. The largest absolute Gasteiger partial charge is 0.496 e. The molecular weight excluding hydrogens is 428 g/mol. The van der Waals surface area contributed by atoms with Gasteiger partial charge in [0, 0.05) is 11.1 Å². The lowest BCUT2D eigenvalue weighted by Gasteiger charge is -2.11. The number of carbonyl (C=O) groups is 1. The van der Waals surface area contributed by atoms with E-state index in [9.17, 15) is 13.2 Å². The predicted octanol–water partition coefficient (Wildman–Crippen LogP) is 4.07. The summed E-state index contributed by atoms with van der Waals surface area (Å²) in [5.41, 5.74) is 7.23. The molecule has 0 saturated carbocycles. The average molecular weight is 447 g/mol. The van der Waals surface area contributed by atoms with Gasteiger partial charge in [-0.05, 0) is 48.2 Å². The van der Waals surface area contributed by atoms with Crippen molar-refractivity contribution >= 4 is 45.1 Å². The molecule has 0 aliphatic carbocycles. The fraction of sp³-hybridized carbons (Fsp3) is 0.100. The zero-order valence-corrected chi connectivity index (χ0v) is 18.1. The van der Waals surface area contributed by atoms with Gasteiger partial charge >= 0.3 is 0 Å². The van der Waals surface area contributed by atoms with Crippen LogP contribution < -0.4 is 10.5 Å². The summed E-state index contributed by atoms with van der Waals surface area (Å²) in [5, 5.41) is 7.60. The number of aldehydes is 1. The van der Waals surface area contributed by atoms with Gasteiger partial charge in [-0.25, -0.2) is 8.42 Å². The zero-order chi connectivity index (χ0) is 21.2. The van der Waals surface area contributed by atoms with E-state index in [0.29, 0.717) is 31.5 Å². The summed E-state index contributed by atoms with van der Waals surface area (Å²) in [6.45, 7) is 0. The Bertz CT molecular complexity index is 1200. The number of nitrogens with one attached hydrogen (secondary N) is 1. The van der Waals surface area contributed by atoms with Gasteiger partial charge in [-0.3, -0.25) is 10.2 Å². The zero-order valence-electron chi connectivity index (χ0n) is 15.6. The van der Waals surface area contributed by atoms with Gasteiger partial charge in [0.25, 0.3) is 0 Å². The fourth-order valence-electron chi connectivity index (χ4n) is 2.80. The summed E-state index contributed by atoms with van der Waals surface area (Å²) in [7, 11) is -2.32. The van der Waals surface area contributed by atoms with Crippen molar-refractivity contribution in [2.45, 2.75) is 14.0 Å². The average Bonchev–Trinajstić information content (AvgIpc) is 3.19. The van der Waals surface area contributed by atoms with E-state index in [0.717, 1.165) is 6.29 Å². The molecule has 0 saturated heterocycles. The molecule has 6 nitrogen and oxygen atoms in total. The smallest absolute Gasteiger partial charge is 0.208 e. The first kappa shape index (κ1) is 21.1. The summed E-state index contributed by atoms with van der Waals surface area (Å²) in [5.74, 6) is 0.361. The maximum absolute atomic E-state index is 13.3. The number of thiophene rings is 1. The van der Waals surface area contributed by atoms with Gasteiger partial charge in [-0.2, -0.15) is 0 Å². The first-order valence-electron chi connectivity index (χ1n) is 8.32. The molecule has 3 N–H and O–H groups in total. The van der Waals surface area contributed by atoms with E-state index in [1.807, 2.05) is 0 Å². The van der Waals surface area contributed by atoms with Crippen LogP contribution in [0.3, 0.4) is 0 Å². The standard InChI is InChI=1S/C20H18N2O4S3/c1-26-16-7-6-12(11-23)8-15(16)13-4-3-5-14(9-13)29(24,25)18-10-17(19(21)22)28-20(18)27-2/h3-11H,1-2H3,(H3,21,22). The molecule has 0 spiro atoms. The lowest BCUT2D eigenvalue weighted by Crippen LogP contribution is -2.08. The number of hydrogen-bond donors (Lipinski definition) is 2. The van der Waals surface area contributed by atoms with E-state index in [4.69, 9.17) is 15.9 Å². The summed E-state index contributed by atoms with van der Waals surface area (Å²) < 4.78 is 32.6. The number of thioether (sulfide) groups is 1. The van der Waals surface area contributed by atoms with E-state index in [-0.39, 0.29) is 15.6 Å². The van der Waals surface area contributed by atoms with Crippen LogP contribution in [-0.4, -0.2) is 33.9 Å². The Labute approximate surface area is 177 Å². The van der Waals surface area contributed by atoms with Gasteiger partial charge in [-0.15, -0.1) is 23.1 Å². The Hall–Kier alpha value is -2.62. The number of sulfone groups is 1. The van der Waals surface area contributed by atoms with Crippen molar-refractivity contribution in [1.82, 2.24) is 0 Å². The van der Waals surface area contributed by atoms with Crippen LogP contribution in [0, 0.1) is 5.41 Å². The Balaban J connectivity index is 2.15. The Morgan fingerprint density at radius 3 is 2.59 bits per heavy atom. The summed E-state index contributed by atoms with van der Waals surface area (Å²) >= 11 is 2.47. The molecule has 29 heavy (non-hydrogen) atoms. The minimum Gasteiger partial charge on any atom is -0.496 e. The third-order valence-electron chi connectivity index (χ3n) is 4.22. The molecule has 1 aromatic heterocycles. The first-order chi connectivity index (χ1) is 13.8. The highest BCUT2D eigenvalue weighted by molar-refractivity contribution is 8.01. The Morgan fingerprint density at radius 2 is 1.97 bits per heavy atom. The van der Waals surface area contributed by atoms with Crippen LogP contribution in [0.5, 0.6) is 5.75 Å². The number of ether oxygens (including phenoxy) is 1. The van der Waals surface area contributed by atoms with Crippen LogP contribution in [-0.2, 0) is 9.84 Å². The molecule has 0 radical (unpaired) electrons. The van der Waals surface area contributed by atoms with Crippen molar-refractivity contribution in [3.63, 3.8) is 0 Å².